The molecule has 0 aliphatic carbocycles. The lowest BCUT2D eigenvalue weighted by Crippen LogP contribution is -2.37. The summed E-state index contributed by atoms with van der Waals surface area (Å²) in [5, 5.41) is 4.68. The van der Waals surface area contributed by atoms with Crippen molar-refractivity contribution in [3.8, 4) is 0 Å². The van der Waals surface area contributed by atoms with Gasteiger partial charge in [-0.05, 0) is 25.3 Å². The lowest BCUT2D eigenvalue weighted by atomic mass is 10.4. The molecule has 1 aromatic heterocycles. The number of aliphatic imine (C=N–C) groups is 1. The summed E-state index contributed by atoms with van der Waals surface area (Å²) in [5.74, 6) is 0.330. The number of sulfonamides is 1. The number of nitrogens with zero attached hydrogens (tertiary/aromatic N) is 2. The van der Waals surface area contributed by atoms with Crippen LogP contribution in [0.1, 0.15) is 13.8 Å². The second kappa shape index (κ2) is 6.88. The number of rotatable bonds is 6. The monoisotopic (exact) mass is 304 g/mol. The average Bonchev–Trinajstić information content (AvgIpc) is 2.81. The van der Waals surface area contributed by atoms with Gasteiger partial charge < -0.3 is 11.1 Å². The lowest BCUT2D eigenvalue weighted by Gasteiger charge is -2.15. The highest BCUT2D eigenvalue weighted by Crippen LogP contribution is 2.19. The molecule has 0 bridgehead atoms. The zero-order valence-electron chi connectivity index (χ0n) is 11.3. The molecule has 0 amide bonds. The van der Waals surface area contributed by atoms with Crippen molar-refractivity contribution in [3.05, 3.63) is 17.5 Å². The van der Waals surface area contributed by atoms with Gasteiger partial charge in [-0.1, -0.05) is 6.07 Å². The average molecular weight is 304 g/mol. The van der Waals surface area contributed by atoms with Gasteiger partial charge in [-0.2, -0.15) is 4.31 Å². The number of hydrogen-bond donors (Lipinski definition) is 2. The third-order valence-corrected chi connectivity index (χ3v) is 5.52. The maximum atomic E-state index is 12.1. The van der Waals surface area contributed by atoms with Crippen molar-refractivity contribution >= 4 is 27.3 Å². The fraction of sp³-hybridized carbons (Fsp3) is 0.545. The van der Waals surface area contributed by atoms with Crippen molar-refractivity contribution < 1.29 is 8.42 Å². The van der Waals surface area contributed by atoms with E-state index in [0.717, 1.165) is 0 Å². The van der Waals surface area contributed by atoms with Crippen molar-refractivity contribution in [2.24, 2.45) is 10.7 Å². The zero-order valence-corrected chi connectivity index (χ0v) is 13.0. The highest BCUT2D eigenvalue weighted by atomic mass is 32.2. The van der Waals surface area contributed by atoms with Crippen LogP contribution in [0.5, 0.6) is 0 Å². The molecule has 1 rings (SSSR count). The summed E-state index contributed by atoms with van der Waals surface area (Å²) >= 11 is 1.20. The summed E-state index contributed by atoms with van der Waals surface area (Å²) < 4.78 is 25.8. The SMILES string of the molecule is CC(C)NC(N)=NCCN(C)S(=O)(=O)c1cccs1. The molecule has 6 nitrogen and oxygen atoms in total. The van der Waals surface area contributed by atoms with Crippen molar-refractivity contribution in [1.82, 2.24) is 9.62 Å². The second-order valence-electron chi connectivity index (χ2n) is 4.32. The highest BCUT2D eigenvalue weighted by molar-refractivity contribution is 7.91. The second-order valence-corrected chi connectivity index (χ2v) is 7.54. The van der Waals surface area contributed by atoms with Crippen LogP contribution in [-0.4, -0.2) is 44.9 Å². The molecule has 0 saturated heterocycles. The molecule has 0 radical (unpaired) electrons. The van der Waals surface area contributed by atoms with Crippen molar-refractivity contribution in [3.63, 3.8) is 0 Å². The third kappa shape index (κ3) is 4.81. The molecular formula is C11H20N4O2S2. The molecule has 0 saturated carbocycles. The Morgan fingerprint density at radius 1 is 1.58 bits per heavy atom. The Bertz CT molecular complexity index is 509. The predicted molar refractivity (Wildman–Crippen MR) is 78.9 cm³/mol. The number of thiophene rings is 1. The van der Waals surface area contributed by atoms with Crippen molar-refractivity contribution in [2.75, 3.05) is 20.1 Å². The Morgan fingerprint density at radius 2 is 2.26 bits per heavy atom. The summed E-state index contributed by atoms with van der Waals surface area (Å²) in [6.45, 7) is 4.53. The van der Waals surface area contributed by atoms with Crippen LogP contribution in [0.3, 0.4) is 0 Å². The van der Waals surface area contributed by atoms with E-state index in [0.29, 0.717) is 23.3 Å². The minimum absolute atomic E-state index is 0.205. The van der Waals surface area contributed by atoms with Gasteiger partial charge in [-0.25, -0.2) is 8.42 Å². The van der Waals surface area contributed by atoms with E-state index in [1.165, 1.54) is 22.7 Å². The number of nitrogens with one attached hydrogen (secondary N) is 1. The highest BCUT2D eigenvalue weighted by Gasteiger charge is 2.20. The summed E-state index contributed by atoms with van der Waals surface area (Å²) in [4.78, 5) is 4.08. The van der Waals surface area contributed by atoms with E-state index in [1.54, 1.807) is 17.5 Å². The van der Waals surface area contributed by atoms with Gasteiger partial charge in [0.15, 0.2) is 5.96 Å². The standard InChI is InChI=1S/C11H20N4O2S2/c1-9(2)14-11(12)13-6-7-15(3)19(16,17)10-5-4-8-18-10/h4-5,8-9H,6-7H2,1-3H3,(H3,12,13,14). The lowest BCUT2D eigenvalue weighted by molar-refractivity contribution is 0.478. The van der Waals surface area contributed by atoms with Gasteiger partial charge in [0.1, 0.15) is 4.21 Å². The molecule has 0 aromatic carbocycles. The van der Waals surface area contributed by atoms with Gasteiger partial charge in [0.25, 0.3) is 10.0 Å². The molecule has 3 N–H and O–H groups in total. The van der Waals surface area contributed by atoms with E-state index in [-0.39, 0.29) is 6.04 Å². The molecule has 0 atom stereocenters. The quantitative estimate of drug-likeness (QED) is 0.597. The molecule has 108 valence electrons. The Hall–Kier alpha value is -1.12. The number of likely N-dealkylation sites (N-methyl/N-ethyl adjacent to an activating group) is 1. The van der Waals surface area contributed by atoms with E-state index in [2.05, 4.69) is 10.3 Å². The molecule has 0 aliphatic rings. The molecule has 0 fully saturated rings. The van der Waals surface area contributed by atoms with Crippen LogP contribution in [0.4, 0.5) is 0 Å². The summed E-state index contributed by atoms with van der Waals surface area (Å²) in [6, 6.07) is 3.51. The number of nitrogens with two attached hydrogens (primary N) is 1. The van der Waals surface area contributed by atoms with Crippen LogP contribution in [0.15, 0.2) is 26.7 Å². The van der Waals surface area contributed by atoms with Crippen LogP contribution in [0.25, 0.3) is 0 Å². The zero-order chi connectivity index (χ0) is 14.5. The van der Waals surface area contributed by atoms with E-state index >= 15 is 0 Å². The molecule has 1 aromatic rings. The van der Waals surface area contributed by atoms with E-state index < -0.39 is 10.0 Å². The van der Waals surface area contributed by atoms with Crippen LogP contribution in [0, 0.1) is 0 Å². The molecular weight excluding hydrogens is 284 g/mol. The maximum absolute atomic E-state index is 12.1. The van der Waals surface area contributed by atoms with Gasteiger partial charge in [-0.15, -0.1) is 11.3 Å². The van der Waals surface area contributed by atoms with Crippen LogP contribution in [0.2, 0.25) is 0 Å². The number of guanidine groups is 1. The van der Waals surface area contributed by atoms with Crippen LogP contribution in [-0.2, 0) is 10.0 Å². The van der Waals surface area contributed by atoms with Gasteiger partial charge >= 0.3 is 0 Å². The summed E-state index contributed by atoms with van der Waals surface area (Å²) in [6.07, 6.45) is 0. The molecule has 0 unspecified atom stereocenters. The largest absolute Gasteiger partial charge is 0.370 e. The fourth-order valence-electron chi connectivity index (χ4n) is 1.34. The molecule has 1 heterocycles. The Labute approximate surface area is 118 Å². The van der Waals surface area contributed by atoms with E-state index in [4.69, 9.17) is 5.73 Å². The Kier molecular flexibility index (Phi) is 5.77. The first-order chi connectivity index (χ1) is 8.84. The normalized spacial score (nSPS) is 13.2. The van der Waals surface area contributed by atoms with Gasteiger partial charge in [0.2, 0.25) is 0 Å². The Morgan fingerprint density at radius 3 is 2.79 bits per heavy atom. The topological polar surface area (TPSA) is 87.8 Å². The van der Waals surface area contributed by atoms with Crippen molar-refractivity contribution in [2.45, 2.75) is 24.1 Å². The Balaban J connectivity index is 2.55. The fourth-order valence-corrected chi connectivity index (χ4v) is 3.70. The molecule has 8 heteroatoms. The summed E-state index contributed by atoms with van der Waals surface area (Å²) in [7, 11) is -1.86. The first kappa shape index (κ1) is 15.9. The summed E-state index contributed by atoms with van der Waals surface area (Å²) in [5.41, 5.74) is 5.64. The predicted octanol–water partition coefficient (Wildman–Crippen LogP) is 0.681. The van der Waals surface area contributed by atoms with E-state index in [1.807, 2.05) is 13.8 Å². The van der Waals surface area contributed by atoms with E-state index in [9.17, 15) is 8.42 Å². The molecule has 0 spiro atoms. The molecule has 0 aliphatic heterocycles. The van der Waals surface area contributed by atoms with Crippen LogP contribution < -0.4 is 11.1 Å². The van der Waals surface area contributed by atoms with Gasteiger partial charge in [-0.3, -0.25) is 4.99 Å². The van der Waals surface area contributed by atoms with Crippen molar-refractivity contribution in [1.29, 1.82) is 0 Å². The molecule has 19 heavy (non-hydrogen) atoms. The smallest absolute Gasteiger partial charge is 0.252 e. The van der Waals surface area contributed by atoms with Gasteiger partial charge in [0.05, 0.1) is 6.54 Å². The maximum Gasteiger partial charge on any atom is 0.252 e. The minimum Gasteiger partial charge on any atom is -0.370 e. The first-order valence-electron chi connectivity index (χ1n) is 5.90. The number of hydrogen-bond acceptors (Lipinski definition) is 4. The minimum atomic E-state index is -3.40. The third-order valence-electron chi connectivity index (χ3n) is 2.29. The first-order valence-corrected chi connectivity index (χ1v) is 8.22. The van der Waals surface area contributed by atoms with Crippen LogP contribution >= 0.6 is 11.3 Å². The van der Waals surface area contributed by atoms with Gasteiger partial charge in [0, 0.05) is 19.6 Å².